The number of amides is 3. The van der Waals surface area contributed by atoms with Crippen LogP contribution in [0, 0.1) is 0 Å². The van der Waals surface area contributed by atoms with Gasteiger partial charge in [0.05, 0.1) is 16.7 Å². The van der Waals surface area contributed by atoms with Gasteiger partial charge in [-0.2, -0.15) is 0 Å². The summed E-state index contributed by atoms with van der Waals surface area (Å²) in [6.07, 6.45) is -2.32. The maximum atomic E-state index is 13.1. The smallest absolute Gasteiger partial charge is 0.404 e. The van der Waals surface area contributed by atoms with Crippen LogP contribution in [0.2, 0.25) is 0 Å². The Hall–Kier alpha value is -3.84. The predicted molar refractivity (Wildman–Crippen MR) is 148 cm³/mol. The minimum absolute atomic E-state index is 0.00499. The molecule has 1 aliphatic rings. The molecule has 222 valence electrons. The molecule has 10 nitrogen and oxygen atoms in total. The van der Waals surface area contributed by atoms with Crippen LogP contribution in [0.5, 0.6) is 5.75 Å². The summed E-state index contributed by atoms with van der Waals surface area (Å²) in [5.41, 5.74) is 7.96. The standard InChI is InChI=1S/C28H35F3N6O4/c1-40-15-7-14-37-23-11-4-2-9-21(23)34-26(37)19-8-6-13-36(18-19)25(38)16-20(32)17-33-27(39)35-22-10-3-5-12-24(22)41-28(29,30)31/h2-5,9-12,19-20H,6-8,13-18,32H2,1H3,(H2,33,35,39). The molecule has 0 bridgehead atoms. The predicted octanol–water partition coefficient (Wildman–Crippen LogP) is 4.22. The van der Waals surface area contributed by atoms with Crippen LogP contribution in [-0.4, -0.2) is 72.1 Å². The van der Waals surface area contributed by atoms with Crippen LogP contribution in [-0.2, 0) is 16.1 Å². The first-order valence-electron chi connectivity index (χ1n) is 13.5. The third kappa shape index (κ3) is 8.33. The van der Waals surface area contributed by atoms with E-state index in [1.54, 1.807) is 12.0 Å². The lowest BCUT2D eigenvalue weighted by atomic mass is 9.96. The number of methoxy groups -OCH3 is 1. The van der Waals surface area contributed by atoms with Gasteiger partial charge in [0.15, 0.2) is 5.75 Å². The highest BCUT2D eigenvalue weighted by molar-refractivity contribution is 5.91. The Morgan fingerprint density at radius 1 is 1.17 bits per heavy atom. The second-order valence-corrected chi connectivity index (χ2v) is 9.98. The second-order valence-electron chi connectivity index (χ2n) is 9.98. The lowest BCUT2D eigenvalue weighted by Crippen LogP contribution is -2.45. The van der Waals surface area contributed by atoms with E-state index in [-0.39, 0.29) is 30.5 Å². The molecule has 2 unspecified atom stereocenters. The average Bonchev–Trinajstić information content (AvgIpc) is 3.31. The van der Waals surface area contributed by atoms with E-state index >= 15 is 0 Å². The first-order valence-corrected chi connectivity index (χ1v) is 13.5. The number of hydrogen-bond acceptors (Lipinski definition) is 6. The number of ether oxygens (including phenoxy) is 2. The molecule has 1 saturated heterocycles. The summed E-state index contributed by atoms with van der Waals surface area (Å²) in [6.45, 7) is 2.48. The molecule has 3 amide bonds. The Morgan fingerprint density at radius 2 is 1.93 bits per heavy atom. The Balaban J connectivity index is 1.31. The van der Waals surface area contributed by atoms with Crippen molar-refractivity contribution in [2.45, 2.75) is 50.6 Å². The maximum Gasteiger partial charge on any atom is 0.573 e. The Labute approximate surface area is 236 Å². The molecule has 41 heavy (non-hydrogen) atoms. The first kappa shape index (κ1) is 30.1. The summed E-state index contributed by atoms with van der Waals surface area (Å²) in [5.74, 6) is 0.357. The highest BCUT2D eigenvalue weighted by Crippen LogP contribution is 2.31. The number of likely N-dealkylation sites (tertiary alicyclic amines) is 1. The van der Waals surface area contributed by atoms with Crippen LogP contribution >= 0.6 is 0 Å². The number of hydrogen-bond donors (Lipinski definition) is 3. The van der Waals surface area contributed by atoms with E-state index in [1.807, 2.05) is 18.2 Å². The molecule has 3 aromatic rings. The first-order chi connectivity index (χ1) is 19.6. The third-order valence-electron chi connectivity index (χ3n) is 6.88. The van der Waals surface area contributed by atoms with Crippen molar-refractivity contribution in [2.24, 2.45) is 5.73 Å². The molecule has 4 N–H and O–H groups in total. The van der Waals surface area contributed by atoms with Crippen LogP contribution in [0.15, 0.2) is 48.5 Å². The summed E-state index contributed by atoms with van der Waals surface area (Å²) < 4.78 is 49.3. The van der Waals surface area contributed by atoms with Crippen molar-refractivity contribution >= 4 is 28.7 Å². The van der Waals surface area contributed by atoms with Gasteiger partial charge in [0.2, 0.25) is 5.91 Å². The van der Waals surface area contributed by atoms with Gasteiger partial charge in [0, 0.05) is 58.3 Å². The summed E-state index contributed by atoms with van der Waals surface area (Å²) in [6, 6.07) is 11.7. The van der Waals surface area contributed by atoms with Crippen LogP contribution in [0.25, 0.3) is 11.0 Å². The number of piperidine rings is 1. The van der Waals surface area contributed by atoms with Crippen molar-refractivity contribution in [1.82, 2.24) is 19.8 Å². The Kier molecular flexibility index (Phi) is 10.1. The van der Waals surface area contributed by atoms with E-state index in [2.05, 4.69) is 26.0 Å². The van der Waals surface area contributed by atoms with Gasteiger partial charge in [-0.3, -0.25) is 4.79 Å². The minimum Gasteiger partial charge on any atom is -0.404 e. The highest BCUT2D eigenvalue weighted by atomic mass is 19.4. The molecule has 0 spiro atoms. The Bertz CT molecular complexity index is 1330. The quantitative estimate of drug-likeness (QED) is 0.294. The van der Waals surface area contributed by atoms with E-state index in [1.165, 1.54) is 18.2 Å². The molecule has 0 aliphatic carbocycles. The van der Waals surface area contributed by atoms with Gasteiger partial charge in [-0.05, 0) is 43.5 Å². The number of nitrogens with two attached hydrogens (primary N) is 1. The van der Waals surface area contributed by atoms with Crippen molar-refractivity contribution in [1.29, 1.82) is 0 Å². The van der Waals surface area contributed by atoms with Crippen LogP contribution in [0.4, 0.5) is 23.7 Å². The number of aryl methyl sites for hydroxylation is 1. The molecule has 1 aromatic heterocycles. The van der Waals surface area contributed by atoms with E-state index < -0.39 is 24.2 Å². The zero-order valence-corrected chi connectivity index (χ0v) is 22.8. The molecule has 13 heteroatoms. The number of imidazole rings is 1. The highest BCUT2D eigenvalue weighted by Gasteiger charge is 2.32. The molecule has 0 radical (unpaired) electrons. The van der Waals surface area contributed by atoms with Crippen molar-refractivity contribution in [3.05, 3.63) is 54.4 Å². The maximum absolute atomic E-state index is 13.1. The number of carbonyl (C=O) groups is 2. The van der Waals surface area contributed by atoms with E-state index in [0.717, 1.165) is 48.7 Å². The number of fused-ring (bicyclic) bond motifs is 1. The van der Waals surface area contributed by atoms with Crippen LogP contribution in [0.3, 0.4) is 0 Å². The fourth-order valence-corrected chi connectivity index (χ4v) is 5.02. The number of urea groups is 1. The second kappa shape index (κ2) is 13.7. The Morgan fingerprint density at radius 3 is 2.71 bits per heavy atom. The molecule has 4 rings (SSSR count). The number of aromatic nitrogens is 2. The summed E-state index contributed by atoms with van der Waals surface area (Å²) in [5, 5.41) is 4.82. The molecule has 2 heterocycles. The lowest BCUT2D eigenvalue weighted by Gasteiger charge is -2.33. The number of nitrogens with zero attached hydrogens (tertiary/aromatic N) is 3. The topological polar surface area (TPSA) is 124 Å². The summed E-state index contributed by atoms with van der Waals surface area (Å²) in [4.78, 5) is 32.1. The van der Waals surface area contributed by atoms with Gasteiger partial charge in [0.1, 0.15) is 5.82 Å². The van der Waals surface area contributed by atoms with Gasteiger partial charge >= 0.3 is 12.4 Å². The van der Waals surface area contributed by atoms with Crippen molar-refractivity contribution in [3.8, 4) is 5.75 Å². The van der Waals surface area contributed by atoms with Crippen LogP contribution < -0.4 is 21.1 Å². The molecule has 0 saturated carbocycles. The van der Waals surface area contributed by atoms with Crippen molar-refractivity contribution < 1.29 is 32.2 Å². The largest absolute Gasteiger partial charge is 0.573 e. The number of rotatable bonds is 11. The average molecular weight is 577 g/mol. The monoisotopic (exact) mass is 576 g/mol. The number of halogens is 3. The number of carbonyl (C=O) groups excluding carboxylic acids is 2. The van der Waals surface area contributed by atoms with Gasteiger partial charge in [0.25, 0.3) is 0 Å². The number of para-hydroxylation sites is 4. The SMILES string of the molecule is COCCCn1c(C2CCCN(C(=O)CC(N)CNC(=O)Nc3ccccc3OC(F)(F)F)C2)nc2ccccc21. The number of alkyl halides is 3. The van der Waals surface area contributed by atoms with E-state index in [4.69, 9.17) is 15.5 Å². The molecule has 2 aromatic carbocycles. The van der Waals surface area contributed by atoms with Crippen molar-refractivity contribution in [2.75, 3.05) is 38.7 Å². The molecule has 2 atom stereocenters. The minimum atomic E-state index is -4.90. The molecular formula is C28H35F3N6O4. The lowest BCUT2D eigenvalue weighted by molar-refractivity contribution is -0.274. The number of anilines is 1. The van der Waals surface area contributed by atoms with Crippen molar-refractivity contribution in [3.63, 3.8) is 0 Å². The van der Waals surface area contributed by atoms with E-state index in [9.17, 15) is 22.8 Å². The normalized spacial score (nSPS) is 16.4. The summed E-state index contributed by atoms with van der Waals surface area (Å²) >= 11 is 0. The third-order valence-corrected chi connectivity index (χ3v) is 6.88. The molecular weight excluding hydrogens is 541 g/mol. The fourth-order valence-electron chi connectivity index (χ4n) is 5.02. The van der Waals surface area contributed by atoms with Gasteiger partial charge < -0.3 is 35.3 Å². The summed E-state index contributed by atoms with van der Waals surface area (Å²) in [7, 11) is 1.68. The van der Waals surface area contributed by atoms with Gasteiger partial charge in [-0.1, -0.05) is 24.3 Å². The fraction of sp³-hybridized carbons (Fsp3) is 0.464. The zero-order chi connectivity index (χ0) is 29.4. The number of benzene rings is 2. The zero-order valence-electron chi connectivity index (χ0n) is 22.8. The van der Waals surface area contributed by atoms with Gasteiger partial charge in [-0.25, -0.2) is 9.78 Å². The molecule has 1 fully saturated rings. The molecule has 1 aliphatic heterocycles. The number of nitrogens with one attached hydrogen (secondary N) is 2. The van der Waals surface area contributed by atoms with Crippen LogP contribution in [0.1, 0.15) is 37.4 Å². The van der Waals surface area contributed by atoms with Gasteiger partial charge in [-0.15, -0.1) is 13.2 Å². The van der Waals surface area contributed by atoms with E-state index in [0.29, 0.717) is 19.7 Å².